The van der Waals surface area contributed by atoms with E-state index in [-0.39, 0.29) is 0 Å². The van der Waals surface area contributed by atoms with Crippen LogP contribution in [0.4, 0.5) is 17.6 Å². The van der Waals surface area contributed by atoms with Crippen molar-refractivity contribution in [3.05, 3.63) is 6.07 Å². The summed E-state index contributed by atoms with van der Waals surface area (Å²) in [6.45, 7) is 6.70. The first-order valence-electron chi connectivity index (χ1n) is 6.17. The van der Waals surface area contributed by atoms with Crippen LogP contribution in [0.2, 0.25) is 0 Å². The number of nitrogens with zero attached hydrogens (tertiary/aromatic N) is 3. The van der Waals surface area contributed by atoms with Gasteiger partial charge in [-0.05, 0) is 18.3 Å². The monoisotopic (exact) mass is 235 g/mol. The first-order valence-corrected chi connectivity index (χ1v) is 6.17. The third kappa shape index (κ3) is 2.60. The van der Waals surface area contributed by atoms with Crippen LogP contribution in [0.3, 0.4) is 0 Å². The molecule has 5 nitrogen and oxygen atoms in total. The molecule has 1 aromatic rings. The zero-order valence-corrected chi connectivity index (χ0v) is 10.8. The van der Waals surface area contributed by atoms with Gasteiger partial charge in [0.1, 0.15) is 11.6 Å². The largest absolute Gasteiger partial charge is 0.373 e. The maximum atomic E-state index is 5.71. The SMILES string of the molecule is CNc1cc(N2CCC(C)C(C)C2)nc(N)n1. The van der Waals surface area contributed by atoms with Gasteiger partial charge in [0, 0.05) is 26.2 Å². The van der Waals surface area contributed by atoms with Crippen molar-refractivity contribution >= 4 is 17.6 Å². The molecule has 0 bridgehead atoms. The molecule has 94 valence electrons. The lowest BCUT2D eigenvalue weighted by atomic mass is 9.89. The van der Waals surface area contributed by atoms with E-state index < -0.39 is 0 Å². The van der Waals surface area contributed by atoms with Gasteiger partial charge in [-0.2, -0.15) is 9.97 Å². The molecule has 1 aromatic heterocycles. The van der Waals surface area contributed by atoms with Crippen LogP contribution in [0, 0.1) is 11.8 Å². The zero-order valence-electron chi connectivity index (χ0n) is 10.8. The van der Waals surface area contributed by atoms with E-state index in [4.69, 9.17) is 5.73 Å². The fourth-order valence-electron chi connectivity index (χ4n) is 2.21. The van der Waals surface area contributed by atoms with Crippen LogP contribution in [0.1, 0.15) is 20.3 Å². The second-order valence-electron chi connectivity index (χ2n) is 4.91. The molecule has 0 radical (unpaired) electrons. The molecule has 0 spiro atoms. The lowest BCUT2D eigenvalue weighted by Crippen LogP contribution is -2.39. The fourth-order valence-corrected chi connectivity index (χ4v) is 2.21. The van der Waals surface area contributed by atoms with Gasteiger partial charge in [0.05, 0.1) is 0 Å². The van der Waals surface area contributed by atoms with Crippen LogP contribution < -0.4 is 16.0 Å². The molecule has 0 amide bonds. The number of nitrogens with one attached hydrogen (secondary N) is 1. The molecular weight excluding hydrogens is 214 g/mol. The van der Waals surface area contributed by atoms with Crippen LogP contribution in [0.5, 0.6) is 0 Å². The zero-order chi connectivity index (χ0) is 12.4. The number of hydrogen-bond donors (Lipinski definition) is 2. The van der Waals surface area contributed by atoms with Gasteiger partial charge in [-0.1, -0.05) is 13.8 Å². The molecule has 5 heteroatoms. The summed E-state index contributed by atoms with van der Waals surface area (Å²) >= 11 is 0. The van der Waals surface area contributed by atoms with Gasteiger partial charge in [-0.15, -0.1) is 0 Å². The van der Waals surface area contributed by atoms with E-state index in [1.807, 2.05) is 13.1 Å². The predicted molar refractivity (Wildman–Crippen MR) is 71.1 cm³/mol. The number of nitrogens with two attached hydrogens (primary N) is 1. The van der Waals surface area contributed by atoms with Crippen molar-refractivity contribution in [1.82, 2.24) is 9.97 Å². The van der Waals surface area contributed by atoms with Crippen LogP contribution in [0.25, 0.3) is 0 Å². The van der Waals surface area contributed by atoms with Crippen molar-refractivity contribution in [2.75, 3.05) is 36.1 Å². The topological polar surface area (TPSA) is 67.1 Å². The summed E-state index contributed by atoms with van der Waals surface area (Å²) in [5.74, 6) is 3.52. The van der Waals surface area contributed by atoms with Crippen molar-refractivity contribution in [1.29, 1.82) is 0 Å². The molecule has 1 fully saturated rings. The lowest BCUT2D eigenvalue weighted by molar-refractivity contribution is 0.323. The van der Waals surface area contributed by atoms with Gasteiger partial charge >= 0.3 is 0 Å². The summed E-state index contributed by atoms with van der Waals surface area (Å²) < 4.78 is 0. The first-order chi connectivity index (χ1) is 8.10. The number of nitrogen functional groups attached to an aromatic ring is 1. The average Bonchev–Trinajstić information content (AvgIpc) is 2.32. The second-order valence-corrected chi connectivity index (χ2v) is 4.91. The Bertz CT molecular complexity index is 392. The van der Waals surface area contributed by atoms with Crippen molar-refractivity contribution in [3.8, 4) is 0 Å². The minimum atomic E-state index is 0.332. The fraction of sp³-hybridized carbons (Fsp3) is 0.667. The van der Waals surface area contributed by atoms with Gasteiger partial charge in [-0.25, -0.2) is 0 Å². The summed E-state index contributed by atoms with van der Waals surface area (Å²) in [5.41, 5.74) is 5.71. The lowest BCUT2D eigenvalue weighted by Gasteiger charge is -2.36. The molecule has 1 saturated heterocycles. The Morgan fingerprint density at radius 3 is 2.76 bits per heavy atom. The summed E-state index contributed by atoms with van der Waals surface area (Å²) in [4.78, 5) is 10.7. The van der Waals surface area contributed by atoms with Gasteiger partial charge in [0.2, 0.25) is 5.95 Å². The van der Waals surface area contributed by atoms with E-state index in [0.717, 1.165) is 30.6 Å². The summed E-state index contributed by atoms with van der Waals surface area (Å²) in [5, 5.41) is 3.01. The van der Waals surface area contributed by atoms with E-state index in [9.17, 15) is 0 Å². The number of anilines is 3. The van der Waals surface area contributed by atoms with Crippen molar-refractivity contribution in [3.63, 3.8) is 0 Å². The Labute approximate surface area is 102 Å². The maximum Gasteiger partial charge on any atom is 0.223 e. The summed E-state index contributed by atoms with van der Waals surface area (Å²) in [6, 6.07) is 1.96. The Kier molecular flexibility index (Phi) is 3.36. The molecule has 1 aliphatic rings. The minimum absolute atomic E-state index is 0.332. The molecule has 0 aromatic carbocycles. The number of hydrogen-bond acceptors (Lipinski definition) is 5. The molecule has 2 atom stereocenters. The third-order valence-electron chi connectivity index (χ3n) is 3.64. The average molecular weight is 235 g/mol. The maximum absolute atomic E-state index is 5.71. The van der Waals surface area contributed by atoms with E-state index in [1.165, 1.54) is 6.42 Å². The highest BCUT2D eigenvalue weighted by molar-refractivity contribution is 5.52. The molecule has 2 unspecified atom stereocenters. The summed E-state index contributed by atoms with van der Waals surface area (Å²) in [6.07, 6.45) is 1.21. The molecule has 2 heterocycles. The van der Waals surface area contributed by atoms with E-state index in [2.05, 4.69) is 34.0 Å². The Hall–Kier alpha value is -1.52. The van der Waals surface area contributed by atoms with Crippen molar-refractivity contribution in [2.45, 2.75) is 20.3 Å². The molecule has 2 rings (SSSR count). The van der Waals surface area contributed by atoms with Crippen molar-refractivity contribution in [2.24, 2.45) is 11.8 Å². The molecule has 0 saturated carbocycles. The molecule has 1 aliphatic heterocycles. The number of rotatable bonds is 2. The van der Waals surface area contributed by atoms with Gasteiger partial charge < -0.3 is 16.0 Å². The standard InChI is InChI=1S/C12H21N5/c1-8-4-5-17(7-9(8)2)11-6-10(14-3)15-12(13)16-11/h6,8-9H,4-5,7H2,1-3H3,(H3,13,14,15,16). The minimum Gasteiger partial charge on any atom is -0.373 e. The van der Waals surface area contributed by atoms with E-state index in [1.54, 1.807) is 0 Å². The van der Waals surface area contributed by atoms with Crippen LogP contribution >= 0.6 is 0 Å². The Morgan fingerprint density at radius 1 is 1.35 bits per heavy atom. The van der Waals surface area contributed by atoms with Crippen LogP contribution in [0.15, 0.2) is 6.07 Å². The highest BCUT2D eigenvalue weighted by Crippen LogP contribution is 2.27. The molecule has 0 aliphatic carbocycles. The van der Waals surface area contributed by atoms with Gasteiger partial charge in [0.15, 0.2) is 0 Å². The van der Waals surface area contributed by atoms with Crippen LogP contribution in [-0.4, -0.2) is 30.1 Å². The smallest absolute Gasteiger partial charge is 0.223 e. The normalized spacial score (nSPS) is 24.8. The van der Waals surface area contributed by atoms with Gasteiger partial charge in [0.25, 0.3) is 0 Å². The molecule has 3 N–H and O–H groups in total. The molecule has 17 heavy (non-hydrogen) atoms. The van der Waals surface area contributed by atoms with E-state index in [0.29, 0.717) is 11.9 Å². The van der Waals surface area contributed by atoms with Crippen molar-refractivity contribution < 1.29 is 0 Å². The third-order valence-corrected chi connectivity index (χ3v) is 3.64. The summed E-state index contributed by atoms with van der Waals surface area (Å²) in [7, 11) is 1.84. The molecular formula is C12H21N5. The number of piperidine rings is 1. The quantitative estimate of drug-likeness (QED) is 0.814. The highest BCUT2D eigenvalue weighted by atomic mass is 15.2. The van der Waals surface area contributed by atoms with E-state index >= 15 is 0 Å². The first kappa shape index (κ1) is 12.0. The number of aromatic nitrogens is 2. The Morgan fingerprint density at radius 2 is 2.12 bits per heavy atom. The Balaban J connectivity index is 2.19. The second kappa shape index (κ2) is 4.77. The predicted octanol–water partition coefficient (Wildman–Crippen LogP) is 1.58. The van der Waals surface area contributed by atoms with Gasteiger partial charge in [-0.3, -0.25) is 0 Å². The highest BCUT2D eigenvalue weighted by Gasteiger charge is 2.23. The van der Waals surface area contributed by atoms with Crippen LogP contribution in [-0.2, 0) is 0 Å².